The molecular formula is C13H20N4O3. The van der Waals surface area contributed by atoms with Crippen LogP contribution in [0.5, 0.6) is 0 Å². The summed E-state index contributed by atoms with van der Waals surface area (Å²) >= 11 is 0. The smallest absolute Gasteiger partial charge is 0.289 e. The number of pyridine rings is 1. The van der Waals surface area contributed by atoms with Crippen molar-refractivity contribution in [1.29, 1.82) is 0 Å². The summed E-state index contributed by atoms with van der Waals surface area (Å²) in [6, 6.07) is 1.50. The van der Waals surface area contributed by atoms with Gasteiger partial charge in [0, 0.05) is 26.3 Å². The van der Waals surface area contributed by atoms with Gasteiger partial charge >= 0.3 is 0 Å². The highest BCUT2D eigenvalue weighted by Gasteiger charge is 2.31. The van der Waals surface area contributed by atoms with Gasteiger partial charge in [0.25, 0.3) is 5.69 Å². The predicted molar refractivity (Wildman–Crippen MR) is 76.7 cm³/mol. The van der Waals surface area contributed by atoms with Crippen molar-refractivity contribution in [2.45, 2.75) is 19.8 Å². The zero-order valence-corrected chi connectivity index (χ0v) is 11.8. The Kier molecular flexibility index (Phi) is 4.08. The summed E-state index contributed by atoms with van der Waals surface area (Å²) in [7, 11) is 1.71. The third-order valence-corrected chi connectivity index (χ3v) is 3.90. The fourth-order valence-electron chi connectivity index (χ4n) is 2.59. The maximum atomic E-state index is 10.8. The number of ether oxygens (including phenoxy) is 1. The molecule has 2 heterocycles. The van der Waals surface area contributed by atoms with E-state index in [9.17, 15) is 10.1 Å². The summed E-state index contributed by atoms with van der Waals surface area (Å²) in [5.74, 6) is 0.339. The second-order valence-corrected chi connectivity index (χ2v) is 5.59. The molecule has 7 nitrogen and oxygen atoms in total. The van der Waals surface area contributed by atoms with E-state index < -0.39 is 4.92 Å². The van der Waals surface area contributed by atoms with Crippen LogP contribution in [0.2, 0.25) is 0 Å². The number of aromatic nitrogens is 1. The summed E-state index contributed by atoms with van der Waals surface area (Å²) in [4.78, 5) is 16.4. The molecule has 1 saturated heterocycles. The van der Waals surface area contributed by atoms with Crippen molar-refractivity contribution in [3.05, 3.63) is 22.4 Å². The Hall–Kier alpha value is -1.89. The molecular weight excluding hydrogens is 260 g/mol. The van der Waals surface area contributed by atoms with Gasteiger partial charge in [-0.15, -0.1) is 0 Å². The molecule has 7 heteroatoms. The maximum absolute atomic E-state index is 10.8. The standard InChI is InChI=1S/C13H20N4O3/c1-13(9-20-2)3-5-16(6-4-13)11-7-10(17(18)19)8-15-12(11)14/h7-8H,3-6,9H2,1-2H3,(H2,14,15). The highest BCUT2D eigenvalue weighted by atomic mass is 16.6. The van der Waals surface area contributed by atoms with E-state index in [4.69, 9.17) is 10.5 Å². The lowest BCUT2D eigenvalue weighted by Crippen LogP contribution is -2.41. The van der Waals surface area contributed by atoms with Crippen LogP contribution in [-0.4, -0.2) is 36.7 Å². The van der Waals surface area contributed by atoms with Crippen LogP contribution in [0.3, 0.4) is 0 Å². The highest BCUT2D eigenvalue weighted by molar-refractivity contribution is 5.66. The number of nitro groups is 1. The average Bonchev–Trinajstić information content (AvgIpc) is 2.40. The van der Waals surface area contributed by atoms with Gasteiger partial charge in [0.15, 0.2) is 0 Å². The van der Waals surface area contributed by atoms with Crippen molar-refractivity contribution in [2.75, 3.05) is 37.4 Å². The molecule has 0 unspecified atom stereocenters. The van der Waals surface area contributed by atoms with Gasteiger partial charge in [-0.3, -0.25) is 10.1 Å². The van der Waals surface area contributed by atoms with Gasteiger partial charge in [-0.05, 0) is 18.3 Å². The minimum absolute atomic E-state index is 0.0283. The lowest BCUT2D eigenvalue weighted by atomic mass is 9.81. The molecule has 2 N–H and O–H groups in total. The quantitative estimate of drug-likeness (QED) is 0.667. The monoisotopic (exact) mass is 280 g/mol. The largest absolute Gasteiger partial charge is 0.384 e. The lowest BCUT2D eigenvalue weighted by molar-refractivity contribution is -0.385. The molecule has 1 aromatic rings. The molecule has 0 amide bonds. The highest BCUT2D eigenvalue weighted by Crippen LogP contribution is 2.35. The number of anilines is 2. The SMILES string of the molecule is COCC1(C)CCN(c2cc([N+](=O)[O-])cnc2N)CC1. The van der Waals surface area contributed by atoms with Crippen molar-refractivity contribution >= 4 is 17.2 Å². The van der Waals surface area contributed by atoms with Crippen molar-refractivity contribution in [3.63, 3.8) is 0 Å². The second-order valence-electron chi connectivity index (χ2n) is 5.59. The first kappa shape index (κ1) is 14.5. The van der Waals surface area contributed by atoms with Crippen LogP contribution in [0, 0.1) is 15.5 Å². The molecule has 1 aliphatic rings. The van der Waals surface area contributed by atoms with Crippen LogP contribution in [0.4, 0.5) is 17.2 Å². The number of hydrogen-bond acceptors (Lipinski definition) is 6. The summed E-state index contributed by atoms with van der Waals surface area (Å²) in [5, 5.41) is 10.8. The minimum Gasteiger partial charge on any atom is -0.384 e. The van der Waals surface area contributed by atoms with E-state index in [-0.39, 0.29) is 11.1 Å². The number of nitrogens with two attached hydrogens (primary N) is 1. The Bertz CT molecular complexity index is 498. The zero-order chi connectivity index (χ0) is 14.8. The van der Waals surface area contributed by atoms with Crippen molar-refractivity contribution in [2.24, 2.45) is 5.41 Å². The molecule has 0 saturated carbocycles. The van der Waals surface area contributed by atoms with Gasteiger partial charge in [0.05, 0.1) is 17.2 Å². The molecule has 0 bridgehead atoms. The van der Waals surface area contributed by atoms with E-state index in [2.05, 4.69) is 16.8 Å². The molecule has 0 radical (unpaired) electrons. The molecule has 0 aromatic carbocycles. The van der Waals surface area contributed by atoms with Gasteiger partial charge < -0.3 is 15.4 Å². The molecule has 1 fully saturated rings. The molecule has 0 aliphatic carbocycles. The van der Waals surface area contributed by atoms with Gasteiger partial charge in [-0.1, -0.05) is 6.92 Å². The van der Waals surface area contributed by atoms with Crippen LogP contribution in [-0.2, 0) is 4.74 Å². The molecule has 0 atom stereocenters. The summed E-state index contributed by atoms with van der Waals surface area (Å²) in [6.45, 7) is 4.52. The van der Waals surface area contributed by atoms with Crippen molar-refractivity contribution < 1.29 is 9.66 Å². The normalized spacial score (nSPS) is 18.0. The number of hydrogen-bond donors (Lipinski definition) is 1. The third-order valence-electron chi connectivity index (χ3n) is 3.90. The van der Waals surface area contributed by atoms with E-state index in [0.717, 1.165) is 32.5 Å². The maximum Gasteiger partial charge on any atom is 0.289 e. The summed E-state index contributed by atoms with van der Waals surface area (Å²) in [5.41, 5.74) is 6.63. The van der Waals surface area contributed by atoms with Crippen LogP contribution in [0.15, 0.2) is 12.3 Å². The number of nitrogen functional groups attached to an aromatic ring is 1. The van der Waals surface area contributed by atoms with Gasteiger partial charge in [0.2, 0.25) is 0 Å². The van der Waals surface area contributed by atoms with E-state index in [1.807, 2.05) is 0 Å². The van der Waals surface area contributed by atoms with Crippen LogP contribution in [0.25, 0.3) is 0 Å². The minimum atomic E-state index is -0.449. The first-order valence-electron chi connectivity index (χ1n) is 6.59. The molecule has 1 aliphatic heterocycles. The van der Waals surface area contributed by atoms with Gasteiger partial charge in [-0.2, -0.15) is 0 Å². The first-order chi connectivity index (χ1) is 9.45. The topological polar surface area (TPSA) is 94.5 Å². The van der Waals surface area contributed by atoms with Crippen molar-refractivity contribution in [3.8, 4) is 0 Å². The second kappa shape index (κ2) is 5.62. The van der Waals surface area contributed by atoms with E-state index >= 15 is 0 Å². The lowest BCUT2D eigenvalue weighted by Gasteiger charge is -2.40. The molecule has 110 valence electrons. The van der Waals surface area contributed by atoms with Crippen molar-refractivity contribution in [1.82, 2.24) is 4.98 Å². The Morgan fingerprint density at radius 3 is 2.75 bits per heavy atom. The fraction of sp³-hybridized carbons (Fsp3) is 0.615. The Labute approximate surface area is 117 Å². The average molecular weight is 280 g/mol. The Morgan fingerprint density at radius 2 is 2.20 bits per heavy atom. The molecule has 20 heavy (non-hydrogen) atoms. The first-order valence-corrected chi connectivity index (χ1v) is 6.59. The van der Waals surface area contributed by atoms with Gasteiger partial charge in [0.1, 0.15) is 12.0 Å². The number of methoxy groups -OCH3 is 1. The summed E-state index contributed by atoms with van der Waals surface area (Å²) < 4.78 is 5.25. The molecule has 0 spiro atoms. The van der Waals surface area contributed by atoms with Crippen LogP contribution < -0.4 is 10.6 Å². The molecule has 2 rings (SSSR count). The number of piperidine rings is 1. The molecule has 1 aromatic heterocycles. The third kappa shape index (κ3) is 2.98. The number of nitrogens with zero attached hydrogens (tertiary/aromatic N) is 3. The van der Waals surface area contributed by atoms with E-state index in [0.29, 0.717) is 11.5 Å². The Morgan fingerprint density at radius 1 is 1.55 bits per heavy atom. The Balaban J connectivity index is 2.14. The van der Waals surface area contributed by atoms with Crippen LogP contribution in [0.1, 0.15) is 19.8 Å². The zero-order valence-electron chi connectivity index (χ0n) is 11.8. The van der Waals surface area contributed by atoms with Gasteiger partial charge in [-0.25, -0.2) is 4.98 Å². The van der Waals surface area contributed by atoms with E-state index in [1.54, 1.807) is 7.11 Å². The predicted octanol–water partition coefficient (Wildman–Crippen LogP) is 1.82. The van der Waals surface area contributed by atoms with E-state index in [1.165, 1.54) is 12.3 Å². The van der Waals surface area contributed by atoms with Crippen LogP contribution >= 0.6 is 0 Å². The number of rotatable bonds is 4. The fourth-order valence-corrected chi connectivity index (χ4v) is 2.59. The summed E-state index contributed by atoms with van der Waals surface area (Å²) in [6.07, 6.45) is 3.11.